The molecule has 0 aliphatic rings. The van der Waals surface area contributed by atoms with Gasteiger partial charge in [-0.2, -0.15) is 0 Å². The van der Waals surface area contributed by atoms with Crippen LogP contribution in [0.2, 0.25) is 0 Å². The van der Waals surface area contributed by atoms with Crippen LogP contribution in [0, 0.1) is 5.92 Å². The van der Waals surface area contributed by atoms with E-state index in [1.165, 1.54) is 6.92 Å². The van der Waals surface area contributed by atoms with E-state index in [0.29, 0.717) is 12.3 Å². The van der Waals surface area contributed by atoms with Crippen LogP contribution in [0.25, 0.3) is 0 Å². The van der Waals surface area contributed by atoms with Crippen LogP contribution < -0.4 is 11.1 Å². The van der Waals surface area contributed by atoms with Crippen LogP contribution >= 0.6 is 0 Å². The fourth-order valence-electron chi connectivity index (χ4n) is 2.40. The zero-order chi connectivity index (χ0) is 20.1. The summed E-state index contributed by atoms with van der Waals surface area (Å²) in [5, 5.41) is 11.3. The molecule has 0 aliphatic carbocycles. The first kappa shape index (κ1) is 24.0. The molecule has 1 aromatic carbocycles. The number of nitrogens with one attached hydrogen (secondary N) is 1. The molecule has 0 aromatic heterocycles. The molecule has 1 aromatic rings. The highest BCUT2D eigenvalue weighted by molar-refractivity contribution is 5.82. The van der Waals surface area contributed by atoms with Crippen molar-refractivity contribution in [1.82, 2.24) is 5.32 Å². The molecule has 1 rings (SSSR count). The molecule has 7 heteroatoms. The van der Waals surface area contributed by atoms with Crippen molar-refractivity contribution in [1.29, 1.82) is 0 Å². The minimum atomic E-state index is -1.02. The van der Waals surface area contributed by atoms with Crippen LogP contribution in [0.4, 0.5) is 0 Å². The number of aliphatic carboxylic acids is 1. The summed E-state index contributed by atoms with van der Waals surface area (Å²) in [5.41, 5.74) is 6.68. The molecule has 0 saturated carbocycles. The van der Waals surface area contributed by atoms with Gasteiger partial charge in [0.1, 0.15) is 6.04 Å². The van der Waals surface area contributed by atoms with Gasteiger partial charge in [-0.15, -0.1) is 0 Å². The number of carbonyl (C=O) groups excluding carboxylic acids is 1. The molecule has 0 fully saturated rings. The van der Waals surface area contributed by atoms with Crippen molar-refractivity contribution >= 4 is 11.9 Å². The van der Waals surface area contributed by atoms with Gasteiger partial charge >= 0.3 is 5.97 Å². The van der Waals surface area contributed by atoms with Gasteiger partial charge in [0.2, 0.25) is 5.91 Å². The number of hydrogen-bond donors (Lipinski definition) is 3. The number of hydrogen-bond acceptors (Lipinski definition) is 5. The number of ether oxygens (including phenoxy) is 2. The van der Waals surface area contributed by atoms with Crippen molar-refractivity contribution < 1.29 is 24.2 Å². The number of carboxylic acids is 1. The van der Waals surface area contributed by atoms with E-state index < -0.39 is 12.0 Å². The van der Waals surface area contributed by atoms with Gasteiger partial charge in [0, 0.05) is 27.6 Å². The number of carboxylic acid groups (broad SMARTS) is 1. The maximum Gasteiger partial charge on any atom is 0.326 e. The highest BCUT2D eigenvalue weighted by Crippen LogP contribution is 2.08. The van der Waals surface area contributed by atoms with Gasteiger partial charge in [0.15, 0.2) is 6.29 Å². The average molecular weight is 368 g/mol. The van der Waals surface area contributed by atoms with Gasteiger partial charge in [-0.05, 0) is 17.9 Å². The Balaban J connectivity index is 0.000000508. The normalized spacial score (nSPS) is 12.9. The Morgan fingerprint density at radius 1 is 1.15 bits per heavy atom. The van der Waals surface area contributed by atoms with Crippen molar-refractivity contribution in [3.8, 4) is 0 Å². The molecule has 0 bridgehead atoms. The zero-order valence-electron chi connectivity index (χ0n) is 16.3. The molecule has 0 spiro atoms. The highest BCUT2D eigenvalue weighted by atomic mass is 16.7. The van der Waals surface area contributed by atoms with E-state index in [1.807, 2.05) is 30.3 Å². The standard InChI is InChI=1S/C11H13NO3.C8H19NO2/c1-8(13)12-10(11(14)15)7-9-5-3-2-4-6-9;1-6(2)5-7(9)8(10-3)11-4/h2-6,10H,7H2,1H3,(H,12,13)(H,14,15);6-8H,5,9H2,1-4H3/t;7-/m.1/s1. The number of methoxy groups -OCH3 is 2. The van der Waals surface area contributed by atoms with Gasteiger partial charge in [0.25, 0.3) is 0 Å². The van der Waals surface area contributed by atoms with E-state index in [9.17, 15) is 9.59 Å². The van der Waals surface area contributed by atoms with Crippen LogP contribution in [-0.4, -0.2) is 49.6 Å². The maximum absolute atomic E-state index is 10.8. The van der Waals surface area contributed by atoms with Crippen molar-refractivity contribution in [3.63, 3.8) is 0 Å². The Morgan fingerprint density at radius 3 is 2.08 bits per heavy atom. The molecule has 0 aliphatic heterocycles. The van der Waals surface area contributed by atoms with Crippen LogP contribution in [0.3, 0.4) is 0 Å². The molecule has 0 radical (unpaired) electrons. The van der Waals surface area contributed by atoms with E-state index in [2.05, 4.69) is 19.2 Å². The lowest BCUT2D eigenvalue weighted by Crippen LogP contribution is -2.41. The quantitative estimate of drug-likeness (QED) is 0.573. The molecule has 4 N–H and O–H groups in total. The molecule has 1 unspecified atom stereocenters. The van der Waals surface area contributed by atoms with Crippen LogP contribution in [0.5, 0.6) is 0 Å². The zero-order valence-corrected chi connectivity index (χ0v) is 16.3. The van der Waals surface area contributed by atoms with Crippen molar-refractivity contribution in [2.45, 2.75) is 52.0 Å². The summed E-state index contributed by atoms with van der Waals surface area (Å²) in [5.74, 6) is -0.773. The molecular formula is C19H32N2O5. The van der Waals surface area contributed by atoms with E-state index in [4.69, 9.17) is 20.3 Å². The lowest BCUT2D eigenvalue weighted by molar-refractivity contribution is -0.141. The summed E-state index contributed by atoms with van der Waals surface area (Å²) in [6.45, 7) is 5.56. The third-order valence-corrected chi connectivity index (χ3v) is 3.52. The fourth-order valence-corrected chi connectivity index (χ4v) is 2.40. The predicted molar refractivity (Wildman–Crippen MR) is 101 cm³/mol. The highest BCUT2D eigenvalue weighted by Gasteiger charge is 2.18. The Kier molecular flexibility index (Phi) is 12.3. The molecule has 26 heavy (non-hydrogen) atoms. The smallest absolute Gasteiger partial charge is 0.326 e. The Hall–Kier alpha value is -1.96. The lowest BCUT2D eigenvalue weighted by atomic mass is 10.0. The second-order valence-corrected chi connectivity index (χ2v) is 6.41. The summed E-state index contributed by atoms with van der Waals surface area (Å²) in [6, 6.07) is 8.31. The van der Waals surface area contributed by atoms with Crippen LogP contribution in [-0.2, 0) is 25.5 Å². The van der Waals surface area contributed by atoms with E-state index in [1.54, 1.807) is 14.2 Å². The molecule has 2 atom stereocenters. The molecule has 1 amide bonds. The topological polar surface area (TPSA) is 111 Å². The fraction of sp³-hybridized carbons (Fsp3) is 0.579. The largest absolute Gasteiger partial charge is 0.480 e. The summed E-state index contributed by atoms with van der Waals surface area (Å²) in [4.78, 5) is 21.6. The first-order chi connectivity index (χ1) is 12.2. The minimum absolute atomic E-state index is 0.0231. The van der Waals surface area contributed by atoms with Gasteiger partial charge in [-0.25, -0.2) is 4.79 Å². The summed E-state index contributed by atoms with van der Waals surface area (Å²) in [7, 11) is 3.21. The monoisotopic (exact) mass is 368 g/mol. The van der Waals surface area contributed by atoms with Gasteiger partial charge in [-0.3, -0.25) is 4.79 Å². The summed E-state index contributed by atoms with van der Waals surface area (Å²) >= 11 is 0. The minimum Gasteiger partial charge on any atom is -0.480 e. The SMILES string of the molecule is CC(=O)NC(Cc1ccccc1)C(=O)O.COC(OC)[C@H](N)CC(C)C. The summed E-state index contributed by atoms with van der Waals surface area (Å²) < 4.78 is 10.0. The van der Waals surface area contributed by atoms with Crippen molar-refractivity contribution in [2.75, 3.05) is 14.2 Å². The average Bonchev–Trinajstić information content (AvgIpc) is 2.56. The third kappa shape index (κ3) is 10.8. The number of carbonyl (C=O) groups is 2. The Labute approximate surface area is 155 Å². The van der Waals surface area contributed by atoms with E-state index in [-0.39, 0.29) is 18.2 Å². The second kappa shape index (κ2) is 13.3. The Morgan fingerprint density at radius 2 is 1.69 bits per heavy atom. The summed E-state index contributed by atoms with van der Waals surface area (Å²) in [6.07, 6.45) is 0.958. The first-order valence-corrected chi connectivity index (χ1v) is 8.56. The number of benzene rings is 1. The number of rotatable bonds is 9. The number of nitrogens with two attached hydrogens (primary N) is 1. The van der Waals surface area contributed by atoms with Gasteiger partial charge in [0.05, 0.1) is 6.04 Å². The first-order valence-electron chi connectivity index (χ1n) is 8.56. The molecule has 7 nitrogen and oxygen atoms in total. The predicted octanol–water partition coefficient (Wildman–Crippen LogP) is 1.80. The van der Waals surface area contributed by atoms with E-state index >= 15 is 0 Å². The molecule has 0 heterocycles. The van der Waals surface area contributed by atoms with Gasteiger partial charge in [-0.1, -0.05) is 44.2 Å². The second-order valence-electron chi connectivity index (χ2n) is 6.41. The Bertz CT molecular complexity index is 518. The third-order valence-electron chi connectivity index (χ3n) is 3.52. The maximum atomic E-state index is 10.8. The van der Waals surface area contributed by atoms with E-state index in [0.717, 1.165) is 12.0 Å². The molecule has 0 saturated heterocycles. The lowest BCUT2D eigenvalue weighted by Gasteiger charge is -2.22. The number of amides is 1. The van der Waals surface area contributed by atoms with Crippen molar-refractivity contribution in [3.05, 3.63) is 35.9 Å². The van der Waals surface area contributed by atoms with Crippen LogP contribution in [0.1, 0.15) is 32.8 Å². The van der Waals surface area contributed by atoms with Crippen LogP contribution in [0.15, 0.2) is 30.3 Å². The van der Waals surface area contributed by atoms with Gasteiger partial charge < -0.3 is 25.6 Å². The molecule has 148 valence electrons. The molecular weight excluding hydrogens is 336 g/mol. The van der Waals surface area contributed by atoms with Crippen molar-refractivity contribution in [2.24, 2.45) is 11.7 Å².